The number of rotatable bonds is 3. The van der Waals surface area contributed by atoms with Gasteiger partial charge in [-0.25, -0.2) is 0 Å². The van der Waals surface area contributed by atoms with Gasteiger partial charge in [-0.05, 0) is 30.5 Å². The maximum Gasteiger partial charge on any atom is 0.573 e. The summed E-state index contributed by atoms with van der Waals surface area (Å²) < 4.78 is 40.0. The highest BCUT2D eigenvalue weighted by atomic mass is 19.4. The van der Waals surface area contributed by atoms with Crippen LogP contribution in [0.3, 0.4) is 0 Å². The summed E-state index contributed by atoms with van der Waals surface area (Å²) >= 11 is 0. The molecule has 2 rings (SSSR count). The van der Waals surface area contributed by atoms with Crippen molar-refractivity contribution in [2.24, 2.45) is 0 Å². The molecule has 0 saturated heterocycles. The second-order valence-corrected chi connectivity index (χ2v) is 4.20. The lowest BCUT2D eigenvalue weighted by atomic mass is 9.65. The Kier molecular flexibility index (Phi) is 2.85. The average Bonchev–Trinajstić information content (AvgIpc) is 2.14. The first-order valence-corrected chi connectivity index (χ1v) is 5.28. The van der Waals surface area contributed by atoms with Gasteiger partial charge in [-0.15, -0.1) is 13.2 Å². The Hall–Kier alpha value is -1.52. The molecule has 0 bridgehead atoms. The number of alkyl halides is 3. The van der Waals surface area contributed by atoms with Crippen LogP contribution in [-0.2, 0) is 10.2 Å². The second kappa shape index (κ2) is 4.05. The highest BCUT2D eigenvalue weighted by molar-refractivity contribution is 5.70. The Morgan fingerprint density at radius 1 is 1.29 bits per heavy atom. The number of hydrogen-bond acceptors (Lipinski definition) is 2. The molecule has 0 unspecified atom stereocenters. The van der Waals surface area contributed by atoms with Crippen LogP contribution in [0.4, 0.5) is 13.2 Å². The molecule has 0 radical (unpaired) electrons. The first-order chi connectivity index (χ1) is 7.95. The number of halogens is 3. The van der Waals surface area contributed by atoms with E-state index in [9.17, 15) is 18.0 Å². The van der Waals surface area contributed by atoms with Gasteiger partial charge in [-0.3, -0.25) is 0 Å². The number of aldehydes is 1. The molecule has 5 heteroatoms. The summed E-state index contributed by atoms with van der Waals surface area (Å²) in [6.45, 7) is 0. The topological polar surface area (TPSA) is 26.3 Å². The van der Waals surface area contributed by atoms with Gasteiger partial charge in [0, 0.05) is 0 Å². The number of carbonyl (C=O) groups is 1. The van der Waals surface area contributed by atoms with Crippen molar-refractivity contribution >= 4 is 6.29 Å². The standard InChI is InChI=1S/C12H11F3O2/c13-12(14,15)17-10-4-1-3-9(7-10)11(8-16)5-2-6-11/h1,3-4,7-8H,2,5-6H2. The zero-order valence-corrected chi connectivity index (χ0v) is 8.96. The molecule has 1 aliphatic rings. The predicted octanol–water partition coefficient (Wildman–Crippen LogP) is 3.21. The molecule has 2 nitrogen and oxygen atoms in total. The van der Waals surface area contributed by atoms with Gasteiger partial charge >= 0.3 is 6.36 Å². The summed E-state index contributed by atoms with van der Waals surface area (Å²) in [5.74, 6) is -0.275. The number of benzene rings is 1. The second-order valence-electron chi connectivity index (χ2n) is 4.20. The molecule has 0 aromatic heterocycles. The number of carbonyl (C=O) groups excluding carboxylic acids is 1. The van der Waals surface area contributed by atoms with Gasteiger partial charge in [-0.1, -0.05) is 18.6 Å². The van der Waals surface area contributed by atoms with Gasteiger partial charge in [0.1, 0.15) is 12.0 Å². The first-order valence-electron chi connectivity index (χ1n) is 5.28. The monoisotopic (exact) mass is 244 g/mol. The van der Waals surface area contributed by atoms with E-state index >= 15 is 0 Å². The Morgan fingerprint density at radius 2 is 2.00 bits per heavy atom. The minimum Gasteiger partial charge on any atom is -0.406 e. The lowest BCUT2D eigenvalue weighted by molar-refractivity contribution is -0.274. The van der Waals surface area contributed by atoms with Gasteiger partial charge in [0.2, 0.25) is 0 Å². The van der Waals surface area contributed by atoms with Crippen LogP contribution in [-0.4, -0.2) is 12.6 Å². The highest BCUT2D eigenvalue weighted by Crippen LogP contribution is 2.43. The minimum absolute atomic E-state index is 0.275. The fourth-order valence-corrected chi connectivity index (χ4v) is 2.04. The molecule has 1 aromatic carbocycles. The Morgan fingerprint density at radius 3 is 2.47 bits per heavy atom. The van der Waals surface area contributed by atoms with E-state index in [-0.39, 0.29) is 5.75 Å². The molecule has 1 fully saturated rings. The van der Waals surface area contributed by atoms with E-state index in [0.717, 1.165) is 12.7 Å². The van der Waals surface area contributed by atoms with Crippen LogP contribution in [0.1, 0.15) is 24.8 Å². The average molecular weight is 244 g/mol. The SMILES string of the molecule is O=CC1(c2cccc(OC(F)(F)F)c2)CCC1. The fourth-order valence-electron chi connectivity index (χ4n) is 2.04. The fraction of sp³-hybridized carbons (Fsp3) is 0.417. The third-order valence-electron chi connectivity index (χ3n) is 3.11. The number of hydrogen-bond donors (Lipinski definition) is 0. The van der Waals surface area contributed by atoms with Crippen LogP contribution in [0.5, 0.6) is 5.75 Å². The maximum absolute atomic E-state index is 12.1. The molecule has 0 N–H and O–H groups in total. The maximum atomic E-state index is 12.1. The van der Waals surface area contributed by atoms with Crippen molar-refractivity contribution < 1.29 is 22.7 Å². The van der Waals surface area contributed by atoms with Gasteiger partial charge in [0.05, 0.1) is 5.41 Å². The summed E-state index contributed by atoms with van der Waals surface area (Å²) in [5, 5.41) is 0. The van der Waals surface area contributed by atoms with Crippen molar-refractivity contribution in [1.82, 2.24) is 0 Å². The van der Waals surface area contributed by atoms with Gasteiger partial charge in [0.15, 0.2) is 0 Å². The summed E-state index contributed by atoms with van der Waals surface area (Å²) in [7, 11) is 0. The Bertz CT molecular complexity index is 422. The van der Waals surface area contributed by atoms with Crippen molar-refractivity contribution in [3.8, 4) is 5.75 Å². The molecular weight excluding hydrogens is 233 g/mol. The molecule has 0 aliphatic heterocycles. The summed E-state index contributed by atoms with van der Waals surface area (Å²) in [4.78, 5) is 11.0. The molecule has 17 heavy (non-hydrogen) atoms. The van der Waals surface area contributed by atoms with Crippen LogP contribution in [0, 0.1) is 0 Å². The number of ether oxygens (including phenoxy) is 1. The highest BCUT2D eigenvalue weighted by Gasteiger charge is 2.39. The molecule has 1 saturated carbocycles. The van der Waals surface area contributed by atoms with Crippen LogP contribution in [0.15, 0.2) is 24.3 Å². The Labute approximate surface area is 96.4 Å². The van der Waals surface area contributed by atoms with E-state index < -0.39 is 11.8 Å². The van der Waals surface area contributed by atoms with Crippen molar-refractivity contribution in [3.05, 3.63) is 29.8 Å². The summed E-state index contributed by atoms with van der Waals surface area (Å²) in [5.41, 5.74) is -0.00850. The van der Waals surface area contributed by atoms with E-state index in [1.807, 2.05) is 0 Å². The van der Waals surface area contributed by atoms with E-state index in [2.05, 4.69) is 4.74 Å². The smallest absolute Gasteiger partial charge is 0.406 e. The van der Waals surface area contributed by atoms with E-state index in [1.165, 1.54) is 18.2 Å². The van der Waals surface area contributed by atoms with Crippen LogP contribution < -0.4 is 4.74 Å². The first kappa shape index (κ1) is 12.0. The summed E-state index contributed by atoms with van der Waals surface area (Å²) in [6.07, 6.45) is -1.59. The zero-order valence-electron chi connectivity index (χ0n) is 8.96. The lowest BCUT2D eigenvalue weighted by Crippen LogP contribution is -2.35. The quantitative estimate of drug-likeness (QED) is 0.763. The lowest BCUT2D eigenvalue weighted by Gasteiger charge is -2.37. The molecular formula is C12H11F3O2. The molecule has 1 aromatic rings. The van der Waals surface area contributed by atoms with E-state index in [1.54, 1.807) is 6.07 Å². The summed E-state index contributed by atoms with van der Waals surface area (Å²) in [6, 6.07) is 5.66. The molecule has 1 aliphatic carbocycles. The van der Waals surface area contributed by atoms with Gasteiger partial charge in [-0.2, -0.15) is 0 Å². The van der Waals surface area contributed by atoms with Crippen LogP contribution in [0.25, 0.3) is 0 Å². The minimum atomic E-state index is -4.70. The third kappa shape index (κ3) is 2.43. The van der Waals surface area contributed by atoms with Crippen molar-refractivity contribution in [2.75, 3.05) is 0 Å². The van der Waals surface area contributed by atoms with E-state index in [0.29, 0.717) is 18.4 Å². The van der Waals surface area contributed by atoms with Crippen molar-refractivity contribution in [1.29, 1.82) is 0 Å². The molecule has 92 valence electrons. The predicted molar refractivity (Wildman–Crippen MR) is 54.7 cm³/mol. The molecule has 0 heterocycles. The Balaban J connectivity index is 2.25. The van der Waals surface area contributed by atoms with Gasteiger partial charge < -0.3 is 9.53 Å². The van der Waals surface area contributed by atoms with Crippen molar-refractivity contribution in [2.45, 2.75) is 31.0 Å². The third-order valence-corrected chi connectivity index (χ3v) is 3.11. The molecule has 0 amide bonds. The van der Waals surface area contributed by atoms with Crippen LogP contribution in [0.2, 0.25) is 0 Å². The normalized spacial score (nSPS) is 18.3. The van der Waals surface area contributed by atoms with Gasteiger partial charge in [0.25, 0.3) is 0 Å². The largest absolute Gasteiger partial charge is 0.573 e. The molecule has 0 atom stereocenters. The van der Waals surface area contributed by atoms with Crippen LogP contribution >= 0.6 is 0 Å². The zero-order chi connectivity index (χ0) is 12.5. The van der Waals surface area contributed by atoms with Crippen molar-refractivity contribution in [3.63, 3.8) is 0 Å². The van der Waals surface area contributed by atoms with E-state index in [4.69, 9.17) is 0 Å². The molecule has 0 spiro atoms.